The molecule has 1 fully saturated rings. The van der Waals surface area contributed by atoms with E-state index in [1.54, 1.807) is 26.0 Å². The van der Waals surface area contributed by atoms with Crippen LogP contribution in [0.4, 0.5) is 4.79 Å². The lowest BCUT2D eigenvalue weighted by Crippen LogP contribution is -2.41. The lowest BCUT2D eigenvalue weighted by molar-refractivity contribution is -0.129. The molecule has 0 radical (unpaired) electrons. The van der Waals surface area contributed by atoms with Crippen molar-refractivity contribution in [3.05, 3.63) is 21.3 Å². The molecule has 0 saturated carbocycles. The molecule has 0 aliphatic carbocycles. The van der Waals surface area contributed by atoms with Gasteiger partial charge in [0, 0.05) is 0 Å². The van der Waals surface area contributed by atoms with E-state index in [0.717, 1.165) is 16.2 Å². The second-order valence-electron chi connectivity index (χ2n) is 4.47. The lowest BCUT2D eigenvalue weighted by atomic mass is 10.1. The molecular formula is C11H11ClN2O3S. The van der Waals surface area contributed by atoms with Crippen LogP contribution in [0, 0.1) is 0 Å². The number of Topliss-reactive ketones (excluding diaryl/α,β-unsaturated/α-hetero) is 1. The van der Waals surface area contributed by atoms with Crippen LogP contribution < -0.4 is 5.32 Å². The summed E-state index contributed by atoms with van der Waals surface area (Å²) >= 11 is 6.86. The fourth-order valence-corrected chi connectivity index (χ4v) is 2.62. The fraction of sp³-hybridized carbons (Fsp3) is 0.364. The quantitative estimate of drug-likeness (QED) is 0.682. The van der Waals surface area contributed by atoms with Crippen LogP contribution in [-0.2, 0) is 4.79 Å². The maximum Gasteiger partial charge on any atom is 0.325 e. The zero-order valence-electron chi connectivity index (χ0n) is 9.82. The summed E-state index contributed by atoms with van der Waals surface area (Å²) in [5, 5.41) is 2.52. The predicted octanol–water partition coefficient (Wildman–Crippen LogP) is 1.91. The lowest BCUT2D eigenvalue weighted by Gasteiger charge is -2.14. The van der Waals surface area contributed by atoms with Crippen molar-refractivity contribution in [2.45, 2.75) is 19.4 Å². The summed E-state index contributed by atoms with van der Waals surface area (Å²) in [5.41, 5.74) is -0.954. The van der Waals surface area contributed by atoms with E-state index >= 15 is 0 Å². The molecule has 1 saturated heterocycles. The van der Waals surface area contributed by atoms with Gasteiger partial charge in [0.2, 0.25) is 0 Å². The third kappa shape index (κ3) is 2.26. The molecule has 1 aliphatic rings. The van der Waals surface area contributed by atoms with Gasteiger partial charge in [-0.3, -0.25) is 14.5 Å². The first-order valence-electron chi connectivity index (χ1n) is 5.24. The molecule has 18 heavy (non-hydrogen) atoms. The Morgan fingerprint density at radius 1 is 1.44 bits per heavy atom. The van der Waals surface area contributed by atoms with Crippen molar-refractivity contribution in [3.8, 4) is 0 Å². The Balaban J connectivity index is 2.13. The molecular weight excluding hydrogens is 276 g/mol. The molecule has 0 aromatic carbocycles. The van der Waals surface area contributed by atoms with E-state index in [-0.39, 0.29) is 12.3 Å². The van der Waals surface area contributed by atoms with Crippen molar-refractivity contribution in [2.75, 3.05) is 6.54 Å². The Bertz CT molecular complexity index is 538. The maximum atomic E-state index is 11.9. The Kier molecular flexibility index (Phi) is 3.16. The first-order chi connectivity index (χ1) is 8.31. The summed E-state index contributed by atoms with van der Waals surface area (Å²) < 4.78 is 0.496. The summed E-state index contributed by atoms with van der Waals surface area (Å²) in [6.07, 6.45) is 0. The first-order valence-corrected chi connectivity index (χ1v) is 6.43. The summed E-state index contributed by atoms with van der Waals surface area (Å²) in [7, 11) is 0. The highest BCUT2D eigenvalue weighted by Crippen LogP contribution is 2.23. The Labute approximate surface area is 113 Å². The summed E-state index contributed by atoms with van der Waals surface area (Å²) in [4.78, 5) is 36.7. The number of rotatable bonds is 3. The number of ketones is 1. The average molecular weight is 287 g/mol. The Morgan fingerprint density at radius 2 is 2.11 bits per heavy atom. The second kappa shape index (κ2) is 4.37. The van der Waals surface area contributed by atoms with Gasteiger partial charge in [-0.05, 0) is 26.0 Å². The van der Waals surface area contributed by atoms with Crippen LogP contribution in [0.25, 0.3) is 0 Å². The van der Waals surface area contributed by atoms with Crippen molar-refractivity contribution in [1.82, 2.24) is 10.2 Å². The van der Waals surface area contributed by atoms with Gasteiger partial charge >= 0.3 is 6.03 Å². The molecule has 0 unspecified atom stereocenters. The minimum Gasteiger partial charge on any atom is -0.324 e. The number of thiophene rings is 1. The SMILES string of the molecule is CC1(C)NC(=O)N(CC(=O)c2ccc(Cl)s2)C1=O. The van der Waals surface area contributed by atoms with Crippen LogP contribution >= 0.6 is 22.9 Å². The van der Waals surface area contributed by atoms with E-state index in [9.17, 15) is 14.4 Å². The third-order valence-electron chi connectivity index (χ3n) is 2.59. The minimum absolute atomic E-state index is 0.259. The Morgan fingerprint density at radius 3 is 2.56 bits per heavy atom. The molecule has 7 heteroatoms. The molecule has 0 atom stereocenters. The molecule has 3 amide bonds. The molecule has 0 spiro atoms. The number of carbonyl (C=O) groups is 3. The monoisotopic (exact) mass is 286 g/mol. The highest BCUT2D eigenvalue weighted by Gasteiger charge is 2.44. The van der Waals surface area contributed by atoms with E-state index in [4.69, 9.17) is 11.6 Å². The normalized spacial score (nSPS) is 18.1. The highest BCUT2D eigenvalue weighted by atomic mass is 35.5. The summed E-state index contributed by atoms with van der Waals surface area (Å²) in [6.45, 7) is 2.93. The molecule has 96 valence electrons. The average Bonchev–Trinajstić information content (AvgIpc) is 2.77. The number of halogens is 1. The molecule has 5 nitrogen and oxygen atoms in total. The highest BCUT2D eigenvalue weighted by molar-refractivity contribution is 7.18. The van der Waals surface area contributed by atoms with Crippen molar-refractivity contribution >= 4 is 40.7 Å². The number of urea groups is 1. The fourth-order valence-electron chi connectivity index (χ4n) is 1.65. The minimum atomic E-state index is -0.954. The van der Waals surface area contributed by atoms with E-state index in [1.807, 2.05) is 0 Å². The van der Waals surface area contributed by atoms with Gasteiger partial charge < -0.3 is 5.32 Å². The topological polar surface area (TPSA) is 66.5 Å². The van der Waals surface area contributed by atoms with Gasteiger partial charge in [0.15, 0.2) is 5.78 Å². The molecule has 1 aromatic heterocycles. The van der Waals surface area contributed by atoms with Crippen molar-refractivity contribution < 1.29 is 14.4 Å². The number of hydrogen-bond acceptors (Lipinski definition) is 4. The van der Waals surface area contributed by atoms with Crippen LogP contribution in [0.2, 0.25) is 4.34 Å². The molecule has 2 heterocycles. The van der Waals surface area contributed by atoms with Gasteiger partial charge in [-0.15, -0.1) is 11.3 Å². The Hall–Kier alpha value is -1.40. The van der Waals surface area contributed by atoms with Gasteiger partial charge in [-0.25, -0.2) is 4.79 Å². The zero-order valence-corrected chi connectivity index (χ0v) is 11.4. The van der Waals surface area contributed by atoms with Crippen LogP contribution in [0.3, 0.4) is 0 Å². The zero-order chi connectivity index (χ0) is 13.5. The van der Waals surface area contributed by atoms with Crippen molar-refractivity contribution in [3.63, 3.8) is 0 Å². The molecule has 1 aliphatic heterocycles. The summed E-state index contributed by atoms with van der Waals surface area (Å²) in [6, 6.07) is 2.65. The number of hydrogen-bond donors (Lipinski definition) is 1. The smallest absolute Gasteiger partial charge is 0.324 e. The van der Waals surface area contributed by atoms with Gasteiger partial charge in [-0.2, -0.15) is 0 Å². The maximum absolute atomic E-state index is 11.9. The van der Waals surface area contributed by atoms with E-state index in [1.165, 1.54) is 0 Å². The van der Waals surface area contributed by atoms with Crippen LogP contribution in [0.15, 0.2) is 12.1 Å². The standard InChI is InChI=1S/C11H11ClN2O3S/c1-11(2)9(16)14(10(17)13-11)5-6(15)7-3-4-8(12)18-7/h3-4H,5H2,1-2H3,(H,13,17). The first kappa shape index (κ1) is 13.0. The van der Waals surface area contributed by atoms with E-state index < -0.39 is 17.5 Å². The van der Waals surface area contributed by atoms with Crippen molar-refractivity contribution in [1.29, 1.82) is 0 Å². The predicted molar refractivity (Wildman–Crippen MR) is 68.0 cm³/mol. The molecule has 2 rings (SSSR count). The van der Waals surface area contributed by atoms with Crippen LogP contribution in [0.5, 0.6) is 0 Å². The van der Waals surface area contributed by atoms with E-state index in [0.29, 0.717) is 9.21 Å². The molecule has 1 N–H and O–H groups in total. The van der Waals surface area contributed by atoms with Crippen LogP contribution in [0.1, 0.15) is 23.5 Å². The number of nitrogens with one attached hydrogen (secondary N) is 1. The largest absolute Gasteiger partial charge is 0.325 e. The number of carbonyl (C=O) groups excluding carboxylic acids is 3. The van der Waals surface area contributed by atoms with Gasteiger partial charge in [-0.1, -0.05) is 11.6 Å². The van der Waals surface area contributed by atoms with Crippen molar-refractivity contribution in [2.24, 2.45) is 0 Å². The van der Waals surface area contributed by atoms with E-state index in [2.05, 4.69) is 5.32 Å². The summed E-state index contributed by atoms with van der Waals surface area (Å²) in [5.74, 6) is -0.698. The molecule has 0 bridgehead atoms. The third-order valence-corrected chi connectivity index (χ3v) is 3.87. The number of amides is 3. The second-order valence-corrected chi connectivity index (χ2v) is 6.19. The van der Waals surface area contributed by atoms with Gasteiger partial charge in [0.1, 0.15) is 5.54 Å². The van der Waals surface area contributed by atoms with Crippen LogP contribution in [-0.4, -0.2) is 34.7 Å². The van der Waals surface area contributed by atoms with Gasteiger partial charge in [0.25, 0.3) is 5.91 Å². The van der Waals surface area contributed by atoms with Gasteiger partial charge in [0.05, 0.1) is 15.8 Å². The number of imide groups is 1. The number of nitrogens with zero attached hydrogens (tertiary/aromatic N) is 1. The molecule has 1 aromatic rings.